The average Bonchev–Trinajstić information content (AvgIpc) is 3.24. The summed E-state index contributed by atoms with van der Waals surface area (Å²) < 4.78 is 1.62. The molecule has 0 fully saturated rings. The second-order valence-electron chi connectivity index (χ2n) is 5.75. The predicted molar refractivity (Wildman–Crippen MR) is 103 cm³/mol. The third kappa shape index (κ3) is 2.68. The van der Waals surface area contributed by atoms with Crippen molar-refractivity contribution in [3.05, 3.63) is 62.6 Å². The van der Waals surface area contributed by atoms with Crippen molar-refractivity contribution in [2.24, 2.45) is 5.73 Å². The molecule has 1 atom stereocenters. The van der Waals surface area contributed by atoms with E-state index in [4.69, 9.17) is 28.9 Å². The quantitative estimate of drug-likeness (QED) is 0.686. The number of halogens is 2. The van der Waals surface area contributed by atoms with Crippen LogP contribution < -0.4 is 11.1 Å². The molecule has 1 aliphatic heterocycles. The highest BCUT2D eigenvalue weighted by Crippen LogP contribution is 2.40. The number of hydrogen-bond acceptors (Lipinski definition) is 5. The molecule has 0 bridgehead atoms. The molecular formula is C17H13Cl2N5OS. The molecule has 4 rings (SSSR count). The number of rotatable bonds is 3. The first-order valence-corrected chi connectivity index (χ1v) is 9.33. The molecule has 0 saturated heterocycles. The molecule has 3 aromatic rings. The molecule has 0 aliphatic carbocycles. The van der Waals surface area contributed by atoms with Crippen LogP contribution in [0.25, 0.3) is 10.7 Å². The smallest absolute Gasteiger partial charge is 0.248 e. The maximum absolute atomic E-state index is 12.2. The van der Waals surface area contributed by atoms with Gasteiger partial charge in [0.15, 0.2) is 5.82 Å². The van der Waals surface area contributed by atoms with Crippen molar-refractivity contribution < 1.29 is 4.79 Å². The number of fused-ring (bicyclic) bond motifs is 1. The number of carbonyl (C=O) groups is 1. The van der Waals surface area contributed by atoms with Gasteiger partial charge in [-0.2, -0.15) is 4.98 Å². The molecule has 0 spiro atoms. The minimum Gasteiger partial charge on any atom is -0.366 e. The first-order valence-electron chi connectivity index (χ1n) is 7.69. The van der Waals surface area contributed by atoms with Gasteiger partial charge in [-0.1, -0.05) is 41.4 Å². The lowest BCUT2D eigenvalue weighted by Gasteiger charge is -2.28. The van der Waals surface area contributed by atoms with Crippen molar-refractivity contribution in [1.82, 2.24) is 14.8 Å². The molecule has 3 N–H and O–H groups in total. The van der Waals surface area contributed by atoms with Gasteiger partial charge in [-0.15, -0.1) is 16.4 Å². The van der Waals surface area contributed by atoms with Gasteiger partial charge in [-0.3, -0.25) is 4.79 Å². The summed E-state index contributed by atoms with van der Waals surface area (Å²) in [5.41, 5.74) is 7.27. The lowest BCUT2D eigenvalue weighted by molar-refractivity contribution is -0.115. The molecule has 1 amide bonds. The highest BCUT2D eigenvalue weighted by molar-refractivity contribution is 7.13. The first kappa shape index (κ1) is 17.1. The first-order chi connectivity index (χ1) is 12.5. The fourth-order valence-electron chi connectivity index (χ4n) is 3.00. The van der Waals surface area contributed by atoms with E-state index in [1.54, 1.807) is 29.8 Å². The number of carbonyl (C=O) groups excluding carboxylic acids is 1. The monoisotopic (exact) mass is 405 g/mol. The summed E-state index contributed by atoms with van der Waals surface area (Å²) in [5, 5.41) is 10.4. The predicted octanol–water partition coefficient (Wildman–Crippen LogP) is 4.09. The van der Waals surface area contributed by atoms with Crippen molar-refractivity contribution in [3.8, 4) is 10.7 Å². The highest BCUT2D eigenvalue weighted by atomic mass is 35.5. The van der Waals surface area contributed by atoms with Crippen LogP contribution in [0.2, 0.25) is 10.0 Å². The Morgan fingerprint density at radius 1 is 1.31 bits per heavy atom. The summed E-state index contributed by atoms with van der Waals surface area (Å²) in [4.78, 5) is 17.7. The SMILES string of the molecule is CC1=C(C(N)=O)C(c2cccc(Cl)c2Cl)n2nc(-c3cccs3)nc2N1. The minimum atomic E-state index is -0.615. The van der Waals surface area contributed by atoms with Crippen LogP contribution in [0.1, 0.15) is 18.5 Å². The van der Waals surface area contributed by atoms with Gasteiger partial charge in [-0.25, -0.2) is 4.68 Å². The van der Waals surface area contributed by atoms with Crippen LogP contribution in [0.15, 0.2) is 47.0 Å². The maximum Gasteiger partial charge on any atom is 0.248 e. The topological polar surface area (TPSA) is 85.8 Å². The lowest BCUT2D eigenvalue weighted by Crippen LogP contribution is -2.32. The fraction of sp³-hybridized carbons (Fsp3) is 0.118. The molecule has 3 heterocycles. The van der Waals surface area contributed by atoms with Gasteiger partial charge in [0.05, 0.1) is 20.5 Å². The number of anilines is 1. The second-order valence-corrected chi connectivity index (χ2v) is 7.49. The van der Waals surface area contributed by atoms with E-state index in [0.29, 0.717) is 38.7 Å². The minimum absolute atomic E-state index is 0.353. The van der Waals surface area contributed by atoms with Crippen LogP contribution in [0, 0.1) is 0 Å². The molecule has 6 nitrogen and oxygen atoms in total. The van der Waals surface area contributed by atoms with Crippen LogP contribution in [0.4, 0.5) is 5.95 Å². The van der Waals surface area contributed by atoms with E-state index in [9.17, 15) is 4.79 Å². The van der Waals surface area contributed by atoms with Gasteiger partial charge < -0.3 is 11.1 Å². The van der Waals surface area contributed by atoms with Crippen molar-refractivity contribution in [2.75, 3.05) is 5.32 Å². The number of hydrogen-bond donors (Lipinski definition) is 2. The molecular weight excluding hydrogens is 393 g/mol. The summed E-state index contributed by atoms with van der Waals surface area (Å²) in [5.74, 6) is 0.510. The van der Waals surface area contributed by atoms with Gasteiger partial charge >= 0.3 is 0 Å². The molecule has 1 aromatic carbocycles. The van der Waals surface area contributed by atoms with E-state index in [1.807, 2.05) is 17.5 Å². The van der Waals surface area contributed by atoms with Gasteiger partial charge in [0, 0.05) is 11.3 Å². The number of nitrogens with two attached hydrogens (primary N) is 1. The zero-order valence-electron chi connectivity index (χ0n) is 13.5. The lowest BCUT2D eigenvalue weighted by atomic mass is 9.95. The Bertz CT molecular complexity index is 1040. The summed E-state index contributed by atoms with van der Waals surface area (Å²) in [6, 6.07) is 8.51. The number of nitrogens with one attached hydrogen (secondary N) is 1. The molecule has 9 heteroatoms. The number of aromatic nitrogens is 3. The third-order valence-electron chi connectivity index (χ3n) is 4.14. The van der Waals surface area contributed by atoms with Crippen LogP contribution in [0.5, 0.6) is 0 Å². The Hall–Kier alpha value is -2.35. The average molecular weight is 406 g/mol. The van der Waals surface area contributed by atoms with Gasteiger partial charge in [0.2, 0.25) is 11.9 Å². The number of allylic oxidation sites excluding steroid dienone is 1. The Labute approximate surface area is 163 Å². The van der Waals surface area contributed by atoms with Crippen LogP contribution in [0.3, 0.4) is 0 Å². The molecule has 132 valence electrons. The summed E-state index contributed by atoms with van der Waals surface area (Å²) in [7, 11) is 0. The number of benzene rings is 1. The van der Waals surface area contributed by atoms with E-state index >= 15 is 0 Å². The van der Waals surface area contributed by atoms with Crippen LogP contribution in [-0.2, 0) is 4.79 Å². The summed E-state index contributed by atoms with van der Waals surface area (Å²) in [6.45, 7) is 1.77. The van der Waals surface area contributed by atoms with Crippen molar-refractivity contribution >= 4 is 46.4 Å². The Morgan fingerprint density at radius 2 is 2.12 bits per heavy atom. The maximum atomic E-state index is 12.2. The Morgan fingerprint density at radius 3 is 2.81 bits per heavy atom. The normalized spacial score (nSPS) is 16.3. The van der Waals surface area contributed by atoms with E-state index in [1.165, 1.54) is 11.3 Å². The second kappa shape index (κ2) is 6.42. The molecule has 0 saturated carbocycles. The van der Waals surface area contributed by atoms with Crippen molar-refractivity contribution in [1.29, 1.82) is 0 Å². The van der Waals surface area contributed by atoms with E-state index in [2.05, 4.69) is 15.4 Å². The van der Waals surface area contributed by atoms with E-state index in [0.717, 1.165) is 4.88 Å². The molecule has 1 aliphatic rings. The fourth-order valence-corrected chi connectivity index (χ4v) is 4.06. The summed E-state index contributed by atoms with van der Waals surface area (Å²) >= 11 is 14.1. The zero-order valence-corrected chi connectivity index (χ0v) is 15.9. The number of primary amides is 1. The van der Waals surface area contributed by atoms with E-state index in [-0.39, 0.29) is 0 Å². The van der Waals surface area contributed by atoms with E-state index < -0.39 is 11.9 Å². The Balaban J connectivity index is 1.95. The largest absolute Gasteiger partial charge is 0.366 e. The number of thiophene rings is 1. The van der Waals surface area contributed by atoms with Crippen molar-refractivity contribution in [2.45, 2.75) is 13.0 Å². The standard InChI is InChI=1S/C17H13Cl2N5OS/c1-8-12(15(20)25)14(9-4-2-5-10(18)13(9)19)24-17(21-8)22-16(23-24)11-6-3-7-26-11/h2-7,14H,1H3,(H2,20,25)(H,21,22,23). The van der Waals surface area contributed by atoms with Gasteiger partial charge in [0.25, 0.3) is 0 Å². The third-order valence-corrected chi connectivity index (χ3v) is 5.83. The highest BCUT2D eigenvalue weighted by Gasteiger charge is 2.35. The summed E-state index contributed by atoms with van der Waals surface area (Å²) in [6.07, 6.45) is 0. The number of amides is 1. The van der Waals surface area contributed by atoms with Crippen LogP contribution >= 0.6 is 34.5 Å². The van der Waals surface area contributed by atoms with Crippen LogP contribution in [-0.4, -0.2) is 20.7 Å². The van der Waals surface area contributed by atoms with Crippen molar-refractivity contribution in [3.63, 3.8) is 0 Å². The number of nitrogens with zero attached hydrogens (tertiary/aromatic N) is 3. The van der Waals surface area contributed by atoms with Gasteiger partial charge in [0.1, 0.15) is 6.04 Å². The molecule has 0 radical (unpaired) electrons. The Kier molecular flexibility index (Phi) is 4.22. The molecule has 2 aromatic heterocycles. The van der Waals surface area contributed by atoms with Gasteiger partial charge in [-0.05, 0) is 24.4 Å². The molecule has 26 heavy (non-hydrogen) atoms. The zero-order chi connectivity index (χ0) is 18.4. The molecule has 1 unspecified atom stereocenters.